The van der Waals surface area contributed by atoms with Crippen molar-refractivity contribution in [3.63, 3.8) is 0 Å². The van der Waals surface area contributed by atoms with E-state index in [1.54, 1.807) is 0 Å². The molecule has 0 aromatic carbocycles. The van der Waals surface area contributed by atoms with Crippen LogP contribution in [0.4, 0.5) is 0 Å². The summed E-state index contributed by atoms with van der Waals surface area (Å²) in [6.45, 7) is 9.07. The Balaban J connectivity index is 1.97. The largest absolute Gasteiger partial charge is 0.314 e. The molecule has 1 heterocycles. The minimum absolute atomic E-state index is 0.278. The molecule has 0 saturated carbocycles. The van der Waals surface area contributed by atoms with Crippen LogP contribution in [0.1, 0.15) is 52.9 Å². The van der Waals surface area contributed by atoms with Crippen molar-refractivity contribution in [2.75, 3.05) is 13.1 Å². The Morgan fingerprint density at radius 1 is 1.29 bits per heavy atom. The molecule has 2 nitrogen and oxygen atoms in total. The quantitative estimate of drug-likeness (QED) is 0.677. The Labute approximate surface area is 88.8 Å². The Morgan fingerprint density at radius 3 is 2.64 bits per heavy atom. The molecule has 0 aromatic heterocycles. The fourth-order valence-electron chi connectivity index (χ4n) is 1.98. The van der Waals surface area contributed by atoms with E-state index in [-0.39, 0.29) is 5.54 Å². The van der Waals surface area contributed by atoms with Crippen LogP contribution >= 0.6 is 0 Å². The maximum Gasteiger partial charge on any atom is 0.00965 e. The van der Waals surface area contributed by atoms with Gasteiger partial charge >= 0.3 is 0 Å². The molecule has 0 bridgehead atoms. The van der Waals surface area contributed by atoms with Gasteiger partial charge in [0.2, 0.25) is 0 Å². The van der Waals surface area contributed by atoms with Gasteiger partial charge in [-0.3, -0.25) is 0 Å². The predicted octanol–water partition coefficient (Wildman–Crippen LogP) is 2.30. The molecular weight excluding hydrogens is 172 g/mol. The molecule has 1 aliphatic rings. The lowest BCUT2D eigenvalue weighted by Crippen LogP contribution is -2.38. The maximum absolute atomic E-state index is 3.59. The van der Waals surface area contributed by atoms with Gasteiger partial charge < -0.3 is 10.6 Å². The Hall–Kier alpha value is -0.0800. The highest BCUT2D eigenvalue weighted by atomic mass is 14.9. The summed E-state index contributed by atoms with van der Waals surface area (Å²) in [5.74, 6) is 0. The highest BCUT2D eigenvalue weighted by molar-refractivity contribution is 4.74. The predicted molar refractivity (Wildman–Crippen MR) is 62.6 cm³/mol. The van der Waals surface area contributed by atoms with Crippen molar-refractivity contribution in [2.24, 2.45) is 0 Å². The average Bonchev–Trinajstić information content (AvgIpc) is 2.13. The van der Waals surface area contributed by atoms with E-state index in [9.17, 15) is 0 Å². The van der Waals surface area contributed by atoms with Crippen LogP contribution in [-0.4, -0.2) is 24.7 Å². The van der Waals surface area contributed by atoms with Crippen molar-refractivity contribution < 1.29 is 0 Å². The van der Waals surface area contributed by atoms with Crippen molar-refractivity contribution in [3.8, 4) is 0 Å². The van der Waals surface area contributed by atoms with E-state index in [1.807, 2.05) is 0 Å². The molecule has 1 atom stereocenters. The Bertz CT molecular complexity index is 143. The Kier molecular flexibility index (Phi) is 4.90. The molecule has 1 rings (SSSR count). The summed E-state index contributed by atoms with van der Waals surface area (Å²) in [5.41, 5.74) is 0.278. The van der Waals surface area contributed by atoms with E-state index >= 15 is 0 Å². The third-order valence-electron chi connectivity index (χ3n) is 2.80. The van der Waals surface area contributed by atoms with Gasteiger partial charge in [-0.25, -0.2) is 0 Å². The van der Waals surface area contributed by atoms with Crippen molar-refractivity contribution >= 4 is 0 Å². The van der Waals surface area contributed by atoms with Crippen molar-refractivity contribution in [3.05, 3.63) is 0 Å². The molecule has 1 fully saturated rings. The fourth-order valence-corrected chi connectivity index (χ4v) is 1.98. The first-order chi connectivity index (χ1) is 6.58. The van der Waals surface area contributed by atoms with Crippen LogP contribution < -0.4 is 10.6 Å². The molecule has 1 aliphatic heterocycles. The van der Waals surface area contributed by atoms with Gasteiger partial charge in [0, 0.05) is 11.6 Å². The van der Waals surface area contributed by atoms with E-state index in [4.69, 9.17) is 0 Å². The van der Waals surface area contributed by atoms with E-state index < -0.39 is 0 Å². The molecule has 14 heavy (non-hydrogen) atoms. The van der Waals surface area contributed by atoms with Crippen LogP contribution in [0, 0.1) is 0 Å². The molecule has 0 aromatic rings. The SMILES string of the molecule is CC(C)(C)NCCCC1CCCCN1. The smallest absolute Gasteiger partial charge is 0.00965 e. The van der Waals surface area contributed by atoms with Gasteiger partial charge in [-0.15, -0.1) is 0 Å². The average molecular weight is 198 g/mol. The van der Waals surface area contributed by atoms with Gasteiger partial charge in [0.15, 0.2) is 0 Å². The minimum atomic E-state index is 0.278. The van der Waals surface area contributed by atoms with Crippen molar-refractivity contribution in [1.82, 2.24) is 10.6 Å². The zero-order chi connectivity index (χ0) is 10.4. The van der Waals surface area contributed by atoms with Gasteiger partial charge in [-0.05, 0) is 59.5 Å². The second kappa shape index (κ2) is 5.72. The summed E-state index contributed by atoms with van der Waals surface area (Å²) >= 11 is 0. The summed E-state index contributed by atoms with van der Waals surface area (Å²) in [6, 6.07) is 0.797. The number of hydrogen-bond donors (Lipinski definition) is 2. The van der Waals surface area contributed by atoms with Crippen molar-refractivity contribution in [1.29, 1.82) is 0 Å². The van der Waals surface area contributed by atoms with Crippen LogP contribution in [0.25, 0.3) is 0 Å². The first-order valence-corrected chi connectivity index (χ1v) is 6.06. The van der Waals surface area contributed by atoms with Crippen LogP contribution in [0.3, 0.4) is 0 Å². The lowest BCUT2D eigenvalue weighted by Gasteiger charge is -2.25. The minimum Gasteiger partial charge on any atom is -0.314 e. The van der Waals surface area contributed by atoms with Crippen LogP contribution in [0.5, 0.6) is 0 Å². The van der Waals surface area contributed by atoms with E-state index in [0.717, 1.165) is 12.6 Å². The first-order valence-electron chi connectivity index (χ1n) is 6.06. The van der Waals surface area contributed by atoms with Gasteiger partial charge in [-0.1, -0.05) is 6.42 Å². The number of rotatable bonds is 4. The topological polar surface area (TPSA) is 24.1 Å². The zero-order valence-electron chi connectivity index (χ0n) is 10.0. The van der Waals surface area contributed by atoms with Crippen LogP contribution in [0.2, 0.25) is 0 Å². The summed E-state index contributed by atoms with van der Waals surface area (Å²) in [4.78, 5) is 0. The zero-order valence-corrected chi connectivity index (χ0v) is 10.0. The standard InChI is InChI=1S/C12H26N2/c1-12(2,3)14-10-6-8-11-7-4-5-9-13-11/h11,13-14H,4-10H2,1-3H3. The lowest BCUT2D eigenvalue weighted by molar-refractivity contribution is 0.358. The van der Waals surface area contributed by atoms with E-state index in [1.165, 1.54) is 38.6 Å². The van der Waals surface area contributed by atoms with E-state index in [0.29, 0.717) is 0 Å². The molecule has 0 aliphatic carbocycles. The molecule has 0 amide bonds. The van der Waals surface area contributed by atoms with Crippen LogP contribution in [0.15, 0.2) is 0 Å². The molecule has 0 radical (unpaired) electrons. The summed E-state index contributed by atoms with van der Waals surface area (Å²) in [6.07, 6.45) is 6.81. The fraction of sp³-hybridized carbons (Fsp3) is 1.00. The normalized spacial score (nSPS) is 23.8. The number of nitrogens with one attached hydrogen (secondary N) is 2. The molecule has 1 unspecified atom stereocenters. The highest BCUT2D eigenvalue weighted by Crippen LogP contribution is 2.11. The Morgan fingerprint density at radius 2 is 2.07 bits per heavy atom. The van der Waals surface area contributed by atoms with Gasteiger partial charge in [0.05, 0.1) is 0 Å². The summed E-state index contributed by atoms with van der Waals surface area (Å²) < 4.78 is 0. The number of piperidine rings is 1. The summed E-state index contributed by atoms with van der Waals surface area (Å²) in [5, 5.41) is 7.12. The molecule has 84 valence electrons. The highest BCUT2D eigenvalue weighted by Gasteiger charge is 2.12. The van der Waals surface area contributed by atoms with Gasteiger partial charge in [0.25, 0.3) is 0 Å². The second-order valence-electron chi connectivity index (χ2n) is 5.47. The molecule has 0 spiro atoms. The monoisotopic (exact) mass is 198 g/mol. The number of hydrogen-bond acceptors (Lipinski definition) is 2. The molecule has 2 heteroatoms. The third-order valence-corrected chi connectivity index (χ3v) is 2.80. The molecule has 2 N–H and O–H groups in total. The van der Waals surface area contributed by atoms with Gasteiger partial charge in [-0.2, -0.15) is 0 Å². The van der Waals surface area contributed by atoms with Gasteiger partial charge in [0.1, 0.15) is 0 Å². The molecular formula is C12H26N2. The van der Waals surface area contributed by atoms with Crippen molar-refractivity contribution in [2.45, 2.75) is 64.5 Å². The van der Waals surface area contributed by atoms with Crippen LogP contribution in [-0.2, 0) is 0 Å². The maximum atomic E-state index is 3.59. The molecule has 1 saturated heterocycles. The lowest BCUT2D eigenvalue weighted by atomic mass is 10.0. The van der Waals surface area contributed by atoms with E-state index in [2.05, 4.69) is 31.4 Å². The summed E-state index contributed by atoms with van der Waals surface area (Å²) in [7, 11) is 0. The third kappa shape index (κ3) is 5.61. The first kappa shape index (κ1) is 12.0. The second-order valence-corrected chi connectivity index (χ2v) is 5.47.